The summed E-state index contributed by atoms with van der Waals surface area (Å²) < 4.78 is 0. The first kappa shape index (κ1) is 14.8. The minimum absolute atomic E-state index is 0.223. The van der Waals surface area contributed by atoms with Gasteiger partial charge < -0.3 is 10.4 Å². The lowest BCUT2D eigenvalue weighted by molar-refractivity contribution is -0.139. The van der Waals surface area contributed by atoms with E-state index < -0.39 is 12.0 Å². The molecule has 0 rings (SSSR count). The highest BCUT2D eigenvalue weighted by atomic mass is 32.2. The molecule has 90 valence electrons. The van der Waals surface area contributed by atoms with Gasteiger partial charge in [-0.1, -0.05) is 27.7 Å². The number of thioether (sulfide) groups is 1. The van der Waals surface area contributed by atoms with Gasteiger partial charge in [0.1, 0.15) is 6.04 Å². The Morgan fingerprint density at radius 3 is 2.33 bits per heavy atom. The summed E-state index contributed by atoms with van der Waals surface area (Å²) in [5.74, 6) is 1.95. The lowest BCUT2D eigenvalue weighted by Gasteiger charge is -2.17. The molecular formula is C11H23NO2S. The van der Waals surface area contributed by atoms with Crippen molar-refractivity contribution in [2.75, 3.05) is 11.5 Å². The molecule has 0 aromatic carbocycles. The minimum atomic E-state index is -0.742. The predicted octanol–water partition coefficient (Wildman–Crippen LogP) is 2.22. The third-order valence-corrected chi connectivity index (χ3v) is 3.26. The molecule has 0 saturated heterocycles. The summed E-state index contributed by atoms with van der Waals surface area (Å²) in [5, 5.41) is 12.0. The van der Waals surface area contributed by atoms with Crippen LogP contribution in [0, 0.1) is 5.92 Å². The molecule has 1 unspecified atom stereocenters. The minimum Gasteiger partial charge on any atom is -0.480 e. The number of carboxylic acids is 1. The molecule has 0 radical (unpaired) electrons. The van der Waals surface area contributed by atoms with Crippen molar-refractivity contribution < 1.29 is 9.90 Å². The van der Waals surface area contributed by atoms with E-state index >= 15 is 0 Å². The summed E-state index contributed by atoms with van der Waals surface area (Å²) >= 11 is 1.83. The Morgan fingerprint density at radius 1 is 1.33 bits per heavy atom. The number of nitrogens with one attached hydrogen (secondary N) is 1. The number of hydrogen-bond donors (Lipinski definition) is 2. The Morgan fingerprint density at radius 2 is 1.93 bits per heavy atom. The fourth-order valence-corrected chi connectivity index (χ4v) is 2.24. The average molecular weight is 233 g/mol. The molecule has 0 aromatic rings. The first-order chi connectivity index (χ1) is 6.93. The van der Waals surface area contributed by atoms with Crippen LogP contribution in [0.5, 0.6) is 0 Å². The summed E-state index contributed by atoms with van der Waals surface area (Å²) in [7, 11) is 0. The lowest BCUT2D eigenvalue weighted by Crippen LogP contribution is -2.41. The van der Waals surface area contributed by atoms with E-state index in [0.29, 0.717) is 12.3 Å². The molecule has 1 atom stereocenters. The number of carboxylic acid groups (broad SMARTS) is 1. The van der Waals surface area contributed by atoms with Gasteiger partial charge in [-0.05, 0) is 23.8 Å². The Kier molecular flexibility index (Phi) is 7.88. The molecule has 15 heavy (non-hydrogen) atoms. The summed E-state index contributed by atoms with van der Waals surface area (Å²) in [5.41, 5.74) is 0. The molecular weight excluding hydrogens is 210 g/mol. The highest BCUT2D eigenvalue weighted by molar-refractivity contribution is 7.99. The largest absolute Gasteiger partial charge is 0.480 e. The van der Waals surface area contributed by atoms with Crippen molar-refractivity contribution in [3.05, 3.63) is 0 Å². The molecule has 3 nitrogen and oxygen atoms in total. The van der Waals surface area contributed by atoms with Crippen LogP contribution in [0.25, 0.3) is 0 Å². The Bertz CT molecular complexity index is 183. The van der Waals surface area contributed by atoms with Crippen molar-refractivity contribution in [2.45, 2.75) is 46.2 Å². The third kappa shape index (κ3) is 8.75. The fourth-order valence-electron chi connectivity index (χ4n) is 1.20. The summed E-state index contributed by atoms with van der Waals surface area (Å²) in [4.78, 5) is 10.9. The lowest BCUT2D eigenvalue weighted by atomic mass is 10.2. The zero-order valence-corrected chi connectivity index (χ0v) is 10.9. The number of aliphatic carboxylic acids is 1. The van der Waals surface area contributed by atoms with Crippen molar-refractivity contribution in [2.24, 2.45) is 5.92 Å². The monoisotopic (exact) mass is 233 g/mol. The van der Waals surface area contributed by atoms with Gasteiger partial charge in [0.05, 0.1) is 0 Å². The van der Waals surface area contributed by atoms with E-state index in [1.165, 1.54) is 0 Å². The van der Waals surface area contributed by atoms with Crippen LogP contribution in [-0.2, 0) is 4.79 Å². The number of hydrogen-bond acceptors (Lipinski definition) is 3. The zero-order chi connectivity index (χ0) is 11.8. The van der Waals surface area contributed by atoms with Crippen LogP contribution in [0.3, 0.4) is 0 Å². The zero-order valence-electron chi connectivity index (χ0n) is 10.1. The maximum atomic E-state index is 10.9. The SMILES string of the molecule is CC(C)CSCCC(NC(C)C)C(=O)O. The summed E-state index contributed by atoms with van der Waals surface area (Å²) in [6.45, 7) is 8.29. The van der Waals surface area contributed by atoms with E-state index in [4.69, 9.17) is 5.11 Å². The molecule has 0 bridgehead atoms. The van der Waals surface area contributed by atoms with Gasteiger partial charge in [0.2, 0.25) is 0 Å². The topological polar surface area (TPSA) is 49.3 Å². The van der Waals surface area contributed by atoms with E-state index in [0.717, 1.165) is 11.5 Å². The standard InChI is InChI=1S/C11H23NO2S/c1-8(2)7-15-6-5-10(11(13)14)12-9(3)4/h8-10,12H,5-7H2,1-4H3,(H,13,14). The first-order valence-corrected chi connectivity index (χ1v) is 6.65. The maximum Gasteiger partial charge on any atom is 0.320 e. The van der Waals surface area contributed by atoms with Crippen molar-refractivity contribution in [1.29, 1.82) is 0 Å². The van der Waals surface area contributed by atoms with Gasteiger partial charge in [-0.25, -0.2) is 0 Å². The van der Waals surface area contributed by atoms with Gasteiger partial charge in [0, 0.05) is 6.04 Å². The molecule has 0 aromatic heterocycles. The highest BCUT2D eigenvalue weighted by Crippen LogP contribution is 2.10. The van der Waals surface area contributed by atoms with Gasteiger partial charge >= 0.3 is 5.97 Å². The molecule has 0 saturated carbocycles. The second kappa shape index (κ2) is 7.99. The Hall–Kier alpha value is -0.220. The molecule has 0 aliphatic heterocycles. The summed E-state index contributed by atoms with van der Waals surface area (Å²) in [6, 6.07) is -0.175. The number of carbonyl (C=O) groups is 1. The van der Waals surface area contributed by atoms with Crippen molar-refractivity contribution >= 4 is 17.7 Å². The Labute approximate surface area is 97.0 Å². The van der Waals surface area contributed by atoms with Crippen LogP contribution in [0.1, 0.15) is 34.1 Å². The smallest absolute Gasteiger partial charge is 0.320 e. The van der Waals surface area contributed by atoms with Gasteiger partial charge in [-0.3, -0.25) is 4.79 Å². The first-order valence-electron chi connectivity index (χ1n) is 5.50. The van der Waals surface area contributed by atoms with Crippen molar-refractivity contribution in [3.8, 4) is 0 Å². The molecule has 0 spiro atoms. The molecule has 0 heterocycles. The molecule has 0 aliphatic carbocycles. The molecule has 0 fully saturated rings. The number of rotatable bonds is 8. The highest BCUT2D eigenvalue weighted by Gasteiger charge is 2.17. The summed E-state index contributed by atoms with van der Waals surface area (Å²) in [6.07, 6.45) is 0.699. The second-order valence-electron chi connectivity index (χ2n) is 4.47. The van der Waals surface area contributed by atoms with E-state index in [1.807, 2.05) is 25.6 Å². The van der Waals surface area contributed by atoms with Crippen LogP contribution >= 0.6 is 11.8 Å². The van der Waals surface area contributed by atoms with Crippen LogP contribution < -0.4 is 5.32 Å². The normalized spacial score (nSPS) is 13.5. The van der Waals surface area contributed by atoms with Crippen LogP contribution in [0.2, 0.25) is 0 Å². The Balaban J connectivity index is 3.72. The van der Waals surface area contributed by atoms with E-state index in [-0.39, 0.29) is 6.04 Å². The van der Waals surface area contributed by atoms with Crippen molar-refractivity contribution in [3.63, 3.8) is 0 Å². The third-order valence-electron chi connectivity index (χ3n) is 1.83. The van der Waals surface area contributed by atoms with Gasteiger partial charge in [0.15, 0.2) is 0 Å². The van der Waals surface area contributed by atoms with Gasteiger partial charge in [-0.15, -0.1) is 0 Å². The van der Waals surface area contributed by atoms with Crippen LogP contribution in [0.15, 0.2) is 0 Å². The average Bonchev–Trinajstić information content (AvgIpc) is 2.08. The molecule has 0 aliphatic rings. The second-order valence-corrected chi connectivity index (χ2v) is 5.62. The maximum absolute atomic E-state index is 10.9. The van der Waals surface area contributed by atoms with E-state index in [1.54, 1.807) is 0 Å². The van der Waals surface area contributed by atoms with Crippen molar-refractivity contribution in [1.82, 2.24) is 5.32 Å². The van der Waals surface area contributed by atoms with Crippen LogP contribution in [0.4, 0.5) is 0 Å². The van der Waals surface area contributed by atoms with Crippen LogP contribution in [-0.4, -0.2) is 34.7 Å². The molecule has 2 N–H and O–H groups in total. The van der Waals surface area contributed by atoms with Gasteiger partial charge in [-0.2, -0.15) is 11.8 Å². The fraction of sp³-hybridized carbons (Fsp3) is 0.909. The van der Waals surface area contributed by atoms with Gasteiger partial charge in [0.25, 0.3) is 0 Å². The van der Waals surface area contributed by atoms with E-state index in [9.17, 15) is 4.79 Å². The molecule has 0 amide bonds. The quantitative estimate of drug-likeness (QED) is 0.631. The van der Waals surface area contributed by atoms with E-state index in [2.05, 4.69) is 19.2 Å². The predicted molar refractivity (Wildman–Crippen MR) is 66.5 cm³/mol. The molecule has 4 heteroatoms.